The Bertz CT molecular complexity index is 761. The van der Waals surface area contributed by atoms with Gasteiger partial charge in [0.2, 0.25) is 0 Å². The molecule has 0 saturated heterocycles. The molecular weight excluding hydrogens is 543 g/mol. The van der Waals surface area contributed by atoms with E-state index in [-0.39, 0.29) is 45.7 Å². The first-order valence-electron chi connectivity index (χ1n) is 15.1. The summed E-state index contributed by atoms with van der Waals surface area (Å²) in [6.45, 7) is 4.21. The number of unbranched alkanes of at least 4 members (excludes halogenated alkanes) is 4. The van der Waals surface area contributed by atoms with Crippen LogP contribution in [0.1, 0.15) is 98.3 Å². The number of rotatable bonds is 21. The van der Waals surface area contributed by atoms with Crippen molar-refractivity contribution in [2.24, 2.45) is 11.8 Å². The minimum atomic E-state index is -4.15. The molecule has 2 atom stereocenters. The van der Waals surface area contributed by atoms with E-state index in [4.69, 9.17) is 23.7 Å². The summed E-state index contributed by atoms with van der Waals surface area (Å²) in [6, 6.07) is 0. The van der Waals surface area contributed by atoms with Gasteiger partial charge in [-0.2, -0.15) is 0 Å². The van der Waals surface area contributed by atoms with Crippen molar-refractivity contribution < 1.29 is 41.7 Å². The summed E-state index contributed by atoms with van der Waals surface area (Å²) >= 11 is 0. The van der Waals surface area contributed by atoms with Crippen LogP contribution in [0.5, 0.6) is 0 Å². The average Bonchev–Trinajstić information content (AvgIpc) is 2.94. The van der Waals surface area contributed by atoms with Crippen LogP contribution in [0.15, 0.2) is 0 Å². The van der Waals surface area contributed by atoms with Gasteiger partial charge >= 0.3 is 237 Å². The number of carbonyl (C=O) groups is 2. The first kappa shape index (κ1) is 36.2. The normalized spacial score (nSPS) is 21.2. The second-order valence-corrected chi connectivity index (χ2v) is 19.0. The van der Waals surface area contributed by atoms with Crippen LogP contribution in [-0.4, -0.2) is 86.9 Å². The number of esters is 2. The van der Waals surface area contributed by atoms with E-state index >= 15 is 0 Å². The second-order valence-electron chi connectivity index (χ2n) is 11.2. The summed E-state index contributed by atoms with van der Waals surface area (Å²) in [5.74, 6) is -2.92. The molecule has 0 amide bonds. The maximum absolute atomic E-state index is 14.2. The van der Waals surface area contributed by atoms with E-state index in [0.717, 1.165) is 76.0 Å². The molecule has 0 spiro atoms. The molecule has 1 aliphatic carbocycles. The van der Waals surface area contributed by atoms with Gasteiger partial charge in [-0.05, 0) is 0 Å². The van der Waals surface area contributed by atoms with E-state index in [9.17, 15) is 18.0 Å². The van der Waals surface area contributed by atoms with E-state index in [0.29, 0.717) is 0 Å². The Morgan fingerprint density at radius 1 is 0.692 bits per heavy atom. The third kappa shape index (κ3) is 11.2. The van der Waals surface area contributed by atoms with Gasteiger partial charge in [-0.3, -0.25) is 0 Å². The van der Waals surface area contributed by atoms with E-state index in [1.54, 1.807) is 0 Å². The number of aliphatic hydroxyl groups is 2. The predicted octanol–water partition coefficient (Wildman–Crippen LogP) is 4.86. The Balaban J connectivity index is 3.51. The SMILES string of the molecule is CCCCP(CCCC)(CCCC)(CCCC)OS(=O)(=O)C1CC(C(=O)OCCO)CC(C(=O)OCCO)C1. The molecule has 2 unspecified atom stereocenters. The van der Waals surface area contributed by atoms with Crippen molar-refractivity contribution in [1.82, 2.24) is 0 Å². The summed E-state index contributed by atoms with van der Waals surface area (Å²) in [6.07, 6.45) is 10.6. The van der Waals surface area contributed by atoms with E-state index in [2.05, 4.69) is 27.7 Å². The van der Waals surface area contributed by atoms with Crippen LogP contribution in [0.25, 0.3) is 0 Å². The Labute approximate surface area is 236 Å². The standard InChI is InChI=1S/C28H55O9PS/c1-5-9-17-38(18-10-6-2,19-11-7-3,20-12-8-4)37-39(33,34)26-22-24(27(31)35-15-13-29)21-25(23-26)28(32)36-16-14-30/h24-26,29-30H,5-23H2,1-4H3. The molecule has 0 aromatic carbocycles. The summed E-state index contributed by atoms with van der Waals surface area (Å²) in [4.78, 5) is 25.5. The predicted molar refractivity (Wildman–Crippen MR) is 157 cm³/mol. The molecule has 0 radical (unpaired) electrons. The molecule has 0 bridgehead atoms. The van der Waals surface area contributed by atoms with Gasteiger partial charge in [-0.1, -0.05) is 0 Å². The number of ether oxygens (including phenoxy) is 2. The molecule has 9 nitrogen and oxygen atoms in total. The third-order valence-electron chi connectivity index (χ3n) is 8.03. The van der Waals surface area contributed by atoms with Gasteiger partial charge in [0.05, 0.1) is 0 Å². The van der Waals surface area contributed by atoms with Gasteiger partial charge in [-0.15, -0.1) is 0 Å². The van der Waals surface area contributed by atoms with Gasteiger partial charge in [-0.25, -0.2) is 0 Å². The third-order valence-corrected chi connectivity index (χ3v) is 17.5. The first-order chi connectivity index (χ1) is 18.6. The van der Waals surface area contributed by atoms with Crippen molar-refractivity contribution in [3.8, 4) is 0 Å². The van der Waals surface area contributed by atoms with Crippen LogP contribution in [0.2, 0.25) is 0 Å². The zero-order chi connectivity index (χ0) is 29.4. The molecule has 1 saturated carbocycles. The topological polar surface area (TPSA) is 136 Å². The van der Waals surface area contributed by atoms with Gasteiger partial charge in [0, 0.05) is 0 Å². The molecule has 11 heteroatoms. The fraction of sp³-hybridized carbons (Fsp3) is 0.929. The second kappa shape index (κ2) is 17.9. The molecule has 0 aromatic rings. The van der Waals surface area contributed by atoms with Crippen molar-refractivity contribution in [2.45, 2.75) is 104 Å². The molecule has 39 heavy (non-hydrogen) atoms. The number of aliphatic hydroxyl groups excluding tert-OH is 2. The molecule has 232 valence electrons. The van der Waals surface area contributed by atoms with Crippen molar-refractivity contribution in [3.05, 3.63) is 0 Å². The molecule has 1 rings (SSSR count). The number of hydrogen-bond donors (Lipinski definition) is 2. The van der Waals surface area contributed by atoms with Crippen LogP contribution in [-0.2, 0) is 33.2 Å². The van der Waals surface area contributed by atoms with Crippen molar-refractivity contribution in [1.29, 1.82) is 0 Å². The van der Waals surface area contributed by atoms with Crippen molar-refractivity contribution in [2.75, 3.05) is 51.1 Å². The molecule has 2 N–H and O–H groups in total. The monoisotopic (exact) mass is 598 g/mol. The van der Waals surface area contributed by atoms with Crippen LogP contribution in [0, 0.1) is 11.8 Å². The Morgan fingerprint density at radius 3 is 1.36 bits per heavy atom. The van der Waals surface area contributed by atoms with E-state index in [1.807, 2.05) is 0 Å². The Morgan fingerprint density at radius 2 is 1.05 bits per heavy atom. The van der Waals surface area contributed by atoms with Gasteiger partial charge in [0.1, 0.15) is 0 Å². The summed E-state index contributed by atoms with van der Waals surface area (Å²) < 4.78 is 45.4. The summed E-state index contributed by atoms with van der Waals surface area (Å²) in [7, 11) is -4.15. The Hall–Kier alpha value is -0.800. The minimum absolute atomic E-state index is 0.00593. The molecule has 0 heterocycles. The summed E-state index contributed by atoms with van der Waals surface area (Å²) in [5.41, 5.74) is 0. The molecule has 0 aliphatic heterocycles. The van der Waals surface area contributed by atoms with E-state index < -0.39 is 46.0 Å². The zero-order valence-corrected chi connectivity index (χ0v) is 26.5. The molecular formula is C28H55O9PS. The van der Waals surface area contributed by atoms with Crippen LogP contribution < -0.4 is 0 Å². The fourth-order valence-corrected chi connectivity index (χ4v) is 16.6. The van der Waals surface area contributed by atoms with Crippen LogP contribution >= 0.6 is 6.83 Å². The number of carbonyl (C=O) groups excluding carboxylic acids is 2. The Kier molecular flexibility index (Phi) is 16.6. The molecule has 1 fully saturated rings. The molecule has 0 aromatic heterocycles. The van der Waals surface area contributed by atoms with Crippen molar-refractivity contribution in [3.63, 3.8) is 0 Å². The fourth-order valence-electron chi connectivity index (χ4n) is 5.82. The maximum atomic E-state index is 14.2. The van der Waals surface area contributed by atoms with Crippen LogP contribution in [0.3, 0.4) is 0 Å². The quantitative estimate of drug-likeness (QED) is 0.140. The van der Waals surface area contributed by atoms with Crippen molar-refractivity contribution >= 4 is 28.9 Å². The average molecular weight is 599 g/mol. The summed E-state index contributed by atoms with van der Waals surface area (Å²) in [5, 5.41) is 17.1. The first-order valence-corrected chi connectivity index (χ1v) is 19.4. The molecule has 1 aliphatic rings. The van der Waals surface area contributed by atoms with E-state index in [1.165, 1.54) is 0 Å². The van der Waals surface area contributed by atoms with Gasteiger partial charge < -0.3 is 0 Å². The van der Waals surface area contributed by atoms with Gasteiger partial charge in [0.25, 0.3) is 0 Å². The van der Waals surface area contributed by atoms with Crippen LogP contribution in [0.4, 0.5) is 0 Å². The van der Waals surface area contributed by atoms with Gasteiger partial charge in [0.15, 0.2) is 0 Å². The number of hydrogen-bond acceptors (Lipinski definition) is 9. The zero-order valence-electron chi connectivity index (χ0n) is 24.8.